The average molecular weight is 492 g/mol. The Balaban J connectivity index is 0.00000256. The molecule has 0 atom stereocenters. The molecule has 4 rings (SSSR count). The maximum atomic E-state index is 13.1. The Morgan fingerprint density at radius 1 is 1.13 bits per heavy atom. The first-order valence-electron chi connectivity index (χ1n) is 9.65. The summed E-state index contributed by atoms with van der Waals surface area (Å²) in [6.45, 7) is 1.87. The predicted molar refractivity (Wildman–Crippen MR) is 124 cm³/mol. The van der Waals surface area contributed by atoms with Gasteiger partial charge in [-0.2, -0.15) is 5.10 Å². The van der Waals surface area contributed by atoms with Gasteiger partial charge in [0.2, 0.25) is 0 Å². The van der Waals surface area contributed by atoms with E-state index in [-0.39, 0.29) is 24.2 Å². The molecule has 0 unspecified atom stereocenters. The van der Waals surface area contributed by atoms with Crippen molar-refractivity contribution in [1.29, 1.82) is 0 Å². The quantitative estimate of drug-likeness (QED) is 0.539. The number of carbonyl (C=O) groups excluding carboxylic acids is 1. The minimum absolute atomic E-state index is 0. The van der Waals surface area contributed by atoms with Crippen molar-refractivity contribution in [3.05, 3.63) is 70.5 Å². The number of halogens is 2. The van der Waals surface area contributed by atoms with Crippen LogP contribution in [0.2, 0.25) is 0 Å². The van der Waals surface area contributed by atoms with E-state index in [2.05, 4.69) is 31.7 Å². The average Bonchev–Trinajstić information content (AvgIpc) is 3.21. The summed E-state index contributed by atoms with van der Waals surface area (Å²) >= 11 is 3.42. The van der Waals surface area contributed by atoms with Crippen molar-refractivity contribution in [1.82, 2.24) is 15.1 Å². The summed E-state index contributed by atoms with van der Waals surface area (Å²) in [4.78, 5) is 13.1. The van der Waals surface area contributed by atoms with Gasteiger partial charge in [0.05, 0.1) is 30.3 Å². The summed E-state index contributed by atoms with van der Waals surface area (Å²) in [7, 11) is 1.65. The number of benzene rings is 2. The summed E-state index contributed by atoms with van der Waals surface area (Å²) in [5.74, 6) is 0.921. The van der Waals surface area contributed by atoms with E-state index in [4.69, 9.17) is 4.74 Å². The molecule has 1 amide bonds. The number of rotatable bonds is 5. The van der Waals surface area contributed by atoms with Crippen LogP contribution in [0.15, 0.2) is 59.2 Å². The summed E-state index contributed by atoms with van der Waals surface area (Å²) in [6, 6.07) is 15.3. The van der Waals surface area contributed by atoms with E-state index in [1.807, 2.05) is 53.2 Å². The Labute approximate surface area is 190 Å². The SMILES string of the molecule is COc1ccc(-n2ncc(C(=O)Nc3ccc(Br)cc3)c2C2CCNCC2)cc1.Cl. The monoisotopic (exact) mass is 490 g/mol. The molecule has 1 aromatic heterocycles. The van der Waals surface area contributed by atoms with Gasteiger partial charge >= 0.3 is 0 Å². The third-order valence-corrected chi connectivity index (χ3v) is 5.72. The third-order valence-electron chi connectivity index (χ3n) is 5.20. The molecule has 2 heterocycles. The fraction of sp³-hybridized carbons (Fsp3) is 0.273. The second-order valence-corrected chi connectivity index (χ2v) is 7.95. The Bertz CT molecular complexity index is 983. The van der Waals surface area contributed by atoms with Gasteiger partial charge in [0, 0.05) is 16.1 Å². The smallest absolute Gasteiger partial charge is 0.259 e. The Hall–Kier alpha value is -2.35. The predicted octanol–water partition coefficient (Wildman–Crippen LogP) is 4.78. The maximum absolute atomic E-state index is 13.1. The number of ether oxygens (including phenoxy) is 1. The number of carbonyl (C=O) groups is 1. The van der Waals surface area contributed by atoms with Crippen molar-refractivity contribution >= 4 is 39.9 Å². The summed E-state index contributed by atoms with van der Waals surface area (Å²) in [5, 5.41) is 11.0. The number of hydrogen-bond donors (Lipinski definition) is 2. The molecule has 0 aliphatic carbocycles. The highest BCUT2D eigenvalue weighted by atomic mass is 79.9. The normalized spacial score (nSPS) is 14.1. The number of amides is 1. The number of anilines is 1. The molecule has 3 aromatic rings. The lowest BCUT2D eigenvalue weighted by Gasteiger charge is -2.24. The van der Waals surface area contributed by atoms with Crippen LogP contribution in [0.1, 0.15) is 34.8 Å². The van der Waals surface area contributed by atoms with Crippen molar-refractivity contribution in [2.24, 2.45) is 0 Å². The van der Waals surface area contributed by atoms with E-state index in [0.29, 0.717) is 5.56 Å². The fourth-order valence-electron chi connectivity index (χ4n) is 3.68. The van der Waals surface area contributed by atoms with Crippen molar-refractivity contribution in [3.8, 4) is 11.4 Å². The minimum atomic E-state index is -0.138. The zero-order valence-electron chi connectivity index (χ0n) is 16.6. The van der Waals surface area contributed by atoms with Crippen LogP contribution >= 0.6 is 28.3 Å². The molecular weight excluding hydrogens is 468 g/mol. The standard InChI is InChI=1S/C22H23BrN4O2.ClH/c1-29-19-8-6-18(7-9-19)27-21(15-10-12-24-13-11-15)20(14-25-27)22(28)26-17-4-2-16(23)3-5-17;/h2-9,14-15,24H,10-13H2,1H3,(H,26,28);1H. The van der Waals surface area contributed by atoms with Crippen LogP contribution < -0.4 is 15.4 Å². The van der Waals surface area contributed by atoms with Gasteiger partial charge < -0.3 is 15.4 Å². The molecular formula is C22H24BrClN4O2. The van der Waals surface area contributed by atoms with Gasteiger partial charge in [-0.1, -0.05) is 15.9 Å². The van der Waals surface area contributed by atoms with E-state index in [9.17, 15) is 4.79 Å². The second kappa shape index (κ2) is 10.1. The van der Waals surface area contributed by atoms with Gasteiger partial charge in [-0.3, -0.25) is 4.79 Å². The molecule has 8 heteroatoms. The van der Waals surface area contributed by atoms with Crippen LogP contribution in [0.25, 0.3) is 5.69 Å². The summed E-state index contributed by atoms with van der Waals surface area (Å²) in [5.41, 5.74) is 3.26. The topological polar surface area (TPSA) is 68.2 Å². The molecule has 6 nitrogen and oxygen atoms in total. The van der Waals surface area contributed by atoms with Crippen LogP contribution in [0, 0.1) is 0 Å². The third kappa shape index (κ3) is 4.86. The van der Waals surface area contributed by atoms with Gasteiger partial charge in [0.25, 0.3) is 5.91 Å². The molecule has 1 fully saturated rings. The highest BCUT2D eigenvalue weighted by Gasteiger charge is 2.27. The first kappa shape index (κ1) is 22.3. The number of nitrogens with zero attached hydrogens (tertiary/aromatic N) is 2. The van der Waals surface area contributed by atoms with Gasteiger partial charge in [-0.25, -0.2) is 4.68 Å². The number of nitrogens with one attached hydrogen (secondary N) is 2. The molecule has 0 bridgehead atoms. The second-order valence-electron chi connectivity index (χ2n) is 7.04. The molecule has 0 spiro atoms. The van der Waals surface area contributed by atoms with E-state index in [0.717, 1.165) is 53.2 Å². The van der Waals surface area contributed by atoms with Crippen molar-refractivity contribution in [3.63, 3.8) is 0 Å². The number of hydrogen-bond acceptors (Lipinski definition) is 4. The molecule has 2 N–H and O–H groups in total. The van der Waals surface area contributed by atoms with Crippen molar-refractivity contribution < 1.29 is 9.53 Å². The van der Waals surface area contributed by atoms with Crippen LogP contribution in [0.5, 0.6) is 5.75 Å². The van der Waals surface area contributed by atoms with Crippen molar-refractivity contribution in [2.75, 3.05) is 25.5 Å². The fourth-order valence-corrected chi connectivity index (χ4v) is 3.95. The van der Waals surface area contributed by atoms with E-state index < -0.39 is 0 Å². The Morgan fingerprint density at radius 3 is 2.43 bits per heavy atom. The molecule has 0 radical (unpaired) electrons. The number of piperidine rings is 1. The van der Waals surface area contributed by atoms with Crippen LogP contribution in [0.4, 0.5) is 5.69 Å². The van der Waals surface area contributed by atoms with E-state index in [1.165, 1.54) is 0 Å². The molecule has 30 heavy (non-hydrogen) atoms. The first-order valence-corrected chi connectivity index (χ1v) is 10.4. The molecule has 1 saturated heterocycles. The lowest BCUT2D eigenvalue weighted by Crippen LogP contribution is -2.29. The lowest BCUT2D eigenvalue weighted by atomic mass is 9.91. The van der Waals surface area contributed by atoms with Crippen LogP contribution in [-0.4, -0.2) is 35.9 Å². The Morgan fingerprint density at radius 2 is 1.80 bits per heavy atom. The number of aromatic nitrogens is 2. The zero-order chi connectivity index (χ0) is 20.2. The van der Waals surface area contributed by atoms with Crippen LogP contribution in [0.3, 0.4) is 0 Å². The minimum Gasteiger partial charge on any atom is -0.497 e. The van der Waals surface area contributed by atoms with Gasteiger partial charge in [-0.15, -0.1) is 12.4 Å². The maximum Gasteiger partial charge on any atom is 0.259 e. The summed E-state index contributed by atoms with van der Waals surface area (Å²) in [6.07, 6.45) is 3.62. The first-order chi connectivity index (χ1) is 14.2. The zero-order valence-corrected chi connectivity index (χ0v) is 19.0. The lowest BCUT2D eigenvalue weighted by molar-refractivity contribution is 0.102. The highest BCUT2D eigenvalue weighted by molar-refractivity contribution is 9.10. The molecule has 158 valence electrons. The van der Waals surface area contributed by atoms with Crippen molar-refractivity contribution in [2.45, 2.75) is 18.8 Å². The Kier molecular flexibility index (Phi) is 7.53. The van der Waals surface area contributed by atoms with E-state index in [1.54, 1.807) is 13.3 Å². The molecule has 2 aromatic carbocycles. The van der Waals surface area contributed by atoms with E-state index >= 15 is 0 Å². The number of methoxy groups -OCH3 is 1. The van der Waals surface area contributed by atoms with Gasteiger partial charge in [0.1, 0.15) is 5.75 Å². The summed E-state index contributed by atoms with van der Waals surface area (Å²) < 4.78 is 8.13. The van der Waals surface area contributed by atoms with Gasteiger partial charge in [0.15, 0.2) is 0 Å². The molecule has 0 saturated carbocycles. The van der Waals surface area contributed by atoms with Crippen LogP contribution in [-0.2, 0) is 0 Å². The highest BCUT2D eigenvalue weighted by Crippen LogP contribution is 2.31. The largest absolute Gasteiger partial charge is 0.497 e. The van der Waals surface area contributed by atoms with Gasteiger partial charge in [-0.05, 0) is 74.5 Å². The molecule has 1 aliphatic heterocycles. The molecule has 1 aliphatic rings.